The Bertz CT molecular complexity index is 1020. The van der Waals surface area contributed by atoms with Gasteiger partial charge in [-0.3, -0.25) is 9.69 Å². The highest BCUT2D eigenvalue weighted by Gasteiger charge is 2.40. The molecule has 0 aromatic heterocycles. The topological polar surface area (TPSA) is 32.3 Å². The number of carbonyl (C=O) groups is 1. The maximum atomic E-state index is 13.4. The van der Waals surface area contributed by atoms with E-state index in [1.807, 2.05) is 24.3 Å². The number of thioether (sulfide) groups is 1. The number of likely N-dealkylation sites (tertiary alicyclic amines) is 1. The Morgan fingerprint density at radius 1 is 0.939 bits per heavy atom. The SMILES string of the molecule is O=C(NC1CC1)[C@@H]1C[C@@H](Sc2ccc(F)cc2)CN1CC(c1ccccc1)c1ccccc1. The van der Waals surface area contributed by atoms with E-state index in [2.05, 4.69) is 58.7 Å². The lowest BCUT2D eigenvalue weighted by molar-refractivity contribution is -0.125. The maximum absolute atomic E-state index is 13.4. The zero-order valence-electron chi connectivity index (χ0n) is 18.6. The molecule has 1 aliphatic heterocycles. The van der Waals surface area contributed by atoms with Crippen LogP contribution in [0.5, 0.6) is 0 Å². The van der Waals surface area contributed by atoms with Gasteiger partial charge in [-0.05, 0) is 54.7 Å². The molecule has 1 saturated carbocycles. The first-order chi connectivity index (χ1) is 16.2. The second-order valence-electron chi connectivity index (χ2n) is 9.06. The van der Waals surface area contributed by atoms with Crippen molar-refractivity contribution in [2.24, 2.45) is 0 Å². The van der Waals surface area contributed by atoms with E-state index >= 15 is 0 Å². The maximum Gasteiger partial charge on any atom is 0.237 e. The van der Waals surface area contributed by atoms with Gasteiger partial charge in [-0.15, -0.1) is 11.8 Å². The van der Waals surface area contributed by atoms with E-state index in [-0.39, 0.29) is 28.9 Å². The van der Waals surface area contributed by atoms with Crippen LogP contribution in [-0.2, 0) is 4.79 Å². The standard InChI is InChI=1S/C28H29FN2OS/c29-22-11-15-24(16-12-22)33-25-17-27(28(32)30-23-13-14-23)31(18-25)19-26(20-7-3-1-4-8-20)21-9-5-2-6-10-21/h1-12,15-16,23,25-27H,13-14,17-19H2,(H,30,32)/t25-,27+/m1/s1. The van der Waals surface area contributed by atoms with Gasteiger partial charge in [0.25, 0.3) is 0 Å². The minimum Gasteiger partial charge on any atom is -0.352 e. The number of amides is 1. The Morgan fingerprint density at radius 3 is 2.12 bits per heavy atom. The highest BCUT2D eigenvalue weighted by Crippen LogP contribution is 2.36. The fourth-order valence-corrected chi connectivity index (χ4v) is 5.88. The van der Waals surface area contributed by atoms with Crippen LogP contribution in [0.2, 0.25) is 0 Å². The van der Waals surface area contributed by atoms with E-state index in [1.54, 1.807) is 11.8 Å². The van der Waals surface area contributed by atoms with Gasteiger partial charge in [-0.25, -0.2) is 4.39 Å². The third-order valence-corrected chi connectivity index (χ3v) is 7.75. The molecule has 1 aliphatic carbocycles. The molecule has 5 rings (SSSR count). The lowest BCUT2D eigenvalue weighted by Crippen LogP contribution is -2.45. The van der Waals surface area contributed by atoms with E-state index in [1.165, 1.54) is 23.3 Å². The average Bonchev–Trinajstić information content (AvgIpc) is 3.57. The van der Waals surface area contributed by atoms with Gasteiger partial charge in [0.05, 0.1) is 6.04 Å². The number of hydrogen-bond acceptors (Lipinski definition) is 3. The molecule has 0 unspecified atom stereocenters. The van der Waals surface area contributed by atoms with Gasteiger partial charge in [0.2, 0.25) is 5.91 Å². The van der Waals surface area contributed by atoms with E-state index in [0.29, 0.717) is 6.04 Å². The van der Waals surface area contributed by atoms with Crippen molar-refractivity contribution in [1.82, 2.24) is 10.2 Å². The fourth-order valence-electron chi connectivity index (χ4n) is 4.66. The molecule has 170 valence electrons. The highest BCUT2D eigenvalue weighted by molar-refractivity contribution is 8.00. The molecule has 2 fully saturated rings. The van der Waals surface area contributed by atoms with Gasteiger partial charge in [-0.2, -0.15) is 0 Å². The molecule has 3 nitrogen and oxygen atoms in total. The molecule has 2 aliphatic rings. The molecule has 3 aromatic rings. The summed E-state index contributed by atoms with van der Waals surface area (Å²) in [5, 5.41) is 3.52. The Morgan fingerprint density at radius 2 is 1.55 bits per heavy atom. The Kier molecular flexibility index (Phi) is 6.79. The van der Waals surface area contributed by atoms with E-state index in [0.717, 1.165) is 37.2 Å². The molecule has 0 spiro atoms. The van der Waals surface area contributed by atoms with Crippen molar-refractivity contribution in [2.75, 3.05) is 13.1 Å². The van der Waals surface area contributed by atoms with Crippen molar-refractivity contribution in [3.05, 3.63) is 102 Å². The molecule has 0 radical (unpaired) electrons. The van der Waals surface area contributed by atoms with Gasteiger partial charge >= 0.3 is 0 Å². The fraction of sp³-hybridized carbons (Fsp3) is 0.321. The predicted molar refractivity (Wildman–Crippen MR) is 132 cm³/mol. The molecule has 1 N–H and O–H groups in total. The van der Waals surface area contributed by atoms with E-state index < -0.39 is 0 Å². The van der Waals surface area contributed by atoms with E-state index in [9.17, 15) is 9.18 Å². The summed E-state index contributed by atoms with van der Waals surface area (Å²) in [6, 6.07) is 28.0. The minimum atomic E-state index is -0.220. The number of nitrogens with one attached hydrogen (secondary N) is 1. The summed E-state index contributed by atoms with van der Waals surface area (Å²) in [5.74, 6) is 0.125. The van der Waals surface area contributed by atoms with Gasteiger partial charge in [-0.1, -0.05) is 60.7 Å². The van der Waals surface area contributed by atoms with Crippen LogP contribution in [0.15, 0.2) is 89.8 Å². The summed E-state index contributed by atoms with van der Waals surface area (Å²) in [6.45, 7) is 1.62. The lowest BCUT2D eigenvalue weighted by atomic mass is 9.90. The molecular weight excluding hydrogens is 431 g/mol. The zero-order chi connectivity index (χ0) is 22.6. The molecule has 33 heavy (non-hydrogen) atoms. The van der Waals surface area contributed by atoms with Gasteiger partial charge < -0.3 is 5.32 Å². The van der Waals surface area contributed by atoms with Crippen molar-refractivity contribution in [3.63, 3.8) is 0 Å². The normalized spacial score (nSPS) is 20.8. The Labute approximate surface area is 199 Å². The summed E-state index contributed by atoms with van der Waals surface area (Å²) in [5.41, 5.74) is 2.53. The van der Waals surface area contributed by atoms with Crippen LogP contribution in [0.4, 0.5) is 4.39 Å². The monoisotopic (exact) mass is 460 g/mol. The highest BCUT2D eigenvalue weighted by atomic mass is 32.2. The van der Waals surface area contributed by atoms with Crippen LogP contribution in [0.3, 0.4) is 0 Å². The van der Waals surface area contributed by atoms with Gasteiger partial charge in [0, 0.05) is 35.2 Å². The molecule has 2 atom stereocenters. The molecular formula is C28H29FN2OS. The third-order valence-electron chi connectivity index (χ3n) is 6.53. The van der Waals surface area contributed by atoms with Crippen molar-refractivity contribution in [2.45, 2.75) is 47.4 Å². The first kappa shape index (κ1) is 22.2. The molecule has 1 amide bonds. The van der Waals surface area contributed by atoms with Crippen LogP contribution in [0, 0.1) is 5.82 Å². The Balaban J connectivity index is 1.38. The number of hydrogen-bond donors (Lipinski definition) is 1. The third kappa shape index (κ3) is 5.66. The van der Waals surface area contributed by atoms with Crippen molar-refractivity contribution in [3.8, 4) is 0 Å². The summed E-state index contributed by atoms with van der Waals surface area (Å²) in [4.78, 5) is 16.6. The van der Waals surface area contributed by atoms with Crippen LogP contribution >= 0.6 is 11.8 Å². The van der Waals surface area contributed by atoms with Crippen LogP contribution in [-0.4, -0.2) is 41.2 Å². The first-order valence-electron chi connectivity index (χ1n) is 11.7. The van der Waals surface area contributed by atoms with Crippen LogP contribution in [0.25, 0.3) is 0 Å². The number of nitrogens with zero attached hydrogens (tertiary/aromatic N) is 1. The van der Waals surface area contributed by atoms with Crippen LogP contribution < -0.4 is 5.32 Å². The molecule has 1 saturated heterocycles. The minimum absolute atomic E-state index is 0.140. The summed E-state index contributed by atoms with van der Waals surface area (Å²) < 4.78 is 13.4. The van der Waals surface area contributed by atoms with Crippen LogP contribution in [0.1, 0.15) is 36.3 Å². The van der Waals surface area contributed by atoms with E-state index in [4.69, 9.17) is 0 Å². The van der Waals surface area contributed by atoms with Crippen molar-refractivity contribution >= 4 is 17.7 Å². The first-order valence-corrected chi connectivity index (χ1v) is 12.6. The quantitative estimate of drug-likeness (QED) is 0.484. The Hall–Kier alpha value is -2.63. The summed E-state index contributed by atoms with van der Waals surface area (Å²) in [6.07, 6.45) is 2.97. The van der Waals surface area contributed by atoms with Gasteiger partial charge in [0.1, 0.15) is 5.82 Å². The summed E-state index contributed by atoms with van der Waals surface area (Å²) in [7, 11) is 0. The number of benzene rings is 3. The number of rotatable bonds is 8. The lowest BCUT2D eigenvalue weighted by Gasteiger charge is -2.29. The summed E-state index contributed by atoms with van der Waals surface area (Å²) >= 11 is 1.75. The number of halogens is 1. The smallest absolute Gasteiger partial charge is 0.237 e. The molecule has 1 heterocycles. The number of carbonyl (C=O) groups excluding carboxylic acids is 1. The van der Waals surface area contributed by atoms with Crippen molar-refractivity contribution in [1.29, 1.82) is 0 Å². The predicted octanol–water partition coefficient (Wildman–Crippen LogP) is 5.47. The molecule has 3 aromatic carbocycles. The molecule has 5 heteroatoms. The average molecular weight is 461 g/mol. The van der Waals surface area contributed by atoms with Crippen molar-refractivity contribution < 1.29 is 9.18 Å². The molecule has 0 bridgehead atoms. The second kappa shape index (κ2) is 10.1. The second-order valence-corrected chi connectivity index (χ2v) is 10.4. The largest absolute Gasteiger partial charge is 0.352 e. The zero-order valence-corrected chi connectivity index (χ0v) is 19.4. The van der Waals surface area contributed by atoms with Gasteiger partial charge in [0.15, 0.2) is 0 Å².